The third kappa shape index (κ3) is 13.4. The highest BCUT2D eigenvalue weighted by atomic mass is 32.1. The largest absolute Gasteiger partial charge is 0.444 e. The molecule has 0 saturated heterocycles. The van der Waals surface area contributed by atoms with Crippen molar-refractivity contribution in [2.75, 3.05) is 13.6 Å². The summed E-state index contributed by atoms with van der Waals surface area (Å²) < 4.78 is 5.47. The maximum absolute atomic E-state index is 13.9. The van der Waals surface area contributed by atoms with Gasteiger partial charge in [-0.25, -0.2) is 14.6 Å². The number of ether oxygens (including phenoxy) is 1. The molecular formula is C37H47N7O5S2. The number of alkyl carbamates (subject to hydrolysis) is 1. The molecule has 0 fully saturated rings. The first-order valence-corrected chi connectivity index (χ1v) is 18.7. The summed E-state index contributed by atoms with van der Waals surface area (Å²) in [5.41, 5.74) is 4.39. The van der Waals surface area contributed by atoms with Crippen molar-refractivity contribution >= 4 is 46.6 Å². The monoisotopic (exact) mass is 733 g/mol. The summed E-state index contributed by atoms with van der Waals surface area (Å²) in [4.78, 5) is 62.8. The Morgan fingerprint density at radius 3 is 2.27 bits per heavy atom. The summed E-state index contributed by atoms with van der Waals surface area (Å²) in [5, 5.41) is 14.7. The number of aromatic nitrogens is 2. The Balaban J connectivity index is 1.47. The molecule has 2 aromatic carbocycles. The lowest BCUT2D eigenvalue weighted by Crippen LogP contribution is -2.53. The van der Waals surface area contributed by atoms with Crippen molar-refractivity contribution in [3.05, 3.63) is 104 Å². The van der Waals surface area contributed by atoms with E-state index in [1.165, 1.54) is 23.2 Å². The van der Waals surface area contributed by atoms with Gasteiger partial charge in [-0.3, -0.25) is 14.6 Å². The minimum atomic E-state index is -0.920. The summed E-state index contributed by atoms with van der Waals surface area (Å²) in [6.45, 7) is 6.15. The van der Waals surface area contributed by atoms with E-state index in [-0.39, 0.29) is 55.9 Å². The van der Waals surface area contributed by atoms with E-state index in [0.29, 0.717) is 19.3 Å². The van der Waals surface area contributed by atoms with Gasteiger partial charge in [-0.05, 0) is 36.8 Å². The SMILES string of the molecule is CC(=O)NCC[C@H](NC(=O)N(C)Cc1csc(C(C)C)n1)C(=O)N[C@@H](CC[C@H](NC(=O)OCc1cncs1)c1ccccc1)Cc1ccccc1. The van der Waals surface area contributed by atoms with E-state index in [1.807, 2.05) is 66.0 Å². The molecule has 0 unspecified atom stereocenters. The van der Waals surface area contributed by atoms with Crippen LogP contribution in [0, 0.1) is 0 Å². The van der Waals surface area contributed by atoms with Crippen molar-refractivity contribution in [3.8, 4) is 0 Å². The average Bonchev–Trinajstić information content (AvgIpc) is 3.82. The summed E-state index contributed by atoms with van der Waals surface area (Å²) in [5.74, 6) is -0.309. The second kappa shape index (κ2) is 20.1. The molecule has 4 aromatic rings. The van der Waals surface area contributed by atoms with Crippen LogP contribution in [0.3, 0.4) is 0 Å². The second-order valence-corrected chi connectivity index (χ2v) is 14.4. The molecule has 2 aromatic heterocycles. The molecule has 51 heavy (non-hydrogen) atoms. The molecule has 0 aliphatic carbocycles. The van der Waals surface area contributed by atoms with Crippen LogP contribution >= 0.6 is 22.7 Å². The Morgan fingerprint density at radius 1 is 0.902 bits per heavy atom. The Hall–Kier alpha value is -4.82. The lowest BCUT2D eigenvalue weighted by molar-refractivity contribution is -0.124. The van der Waals surface area contributed by atoms with Gasteiger partial charge >= 0.3 is 12.1 Å². The number of hydrogen-bond acceptors (Lipinski definition) is 9. The normalized spacial score (nSPS) is 12.7. The maximum Gasteiger partial charge on any atom is 0.407 e. The predicted molar refractivity (Wildman–Crippen MR) is 199 cm³/mol. The van der Waals surface area contributed by atoms with Crippen LogP contribution in [0.4, 0.5) is 9.59 Å². The van der Waals surface area contributed by atoms with Crippen molar-refractivity contribution in [3.63, 3.8) is 0 Å². The molecule has 0 saturated carbocycles. The minimum Gasteiger partial charge on any atom is -0.444 e. The first-order chi connectivity index (χ1) is 24.6. The fourth-order valence-electron chi connectivity index (χ4n) is 5.33. The smallest absolute Gasteiger partial charge is 0.407 e. The van der Waals surface area contributed by atoms with E-state index in [4.69, 9.17) is 4.74 Å². The van der Waals surface area contributed by atoms with Crippen LogP contribution in [0.25, 0.3) is 0 Å². The predicted octanol–water partition coefficient (Wildman–Crippen LogP) is 5.93. The fourth-order valence-corrected chi connectivity index (χ4v) is 6.66. The van der Waals surface area contributed by atoms with Gasteiger partial charge in [0.05, 0.1) is 33.7 Å². The molecule has 0 aliphatic rings. The third-order valence-corrected chi connectivity index (χ3v) is 9.98. The van der Waals surface area contributed by atoms with E-state index in [2.05, 4.69) is 45.1 Å². The Labute approximate surface area is 307 Å². The zero-order valence-corrected chi connectivity index (χ0v) is 31.1. The average molecular weight is 734 g/mol. The van der Waals surface area contributed by atoms with Crippen molar-refractivity contribution < 1.29 is 23.9 Å². The van der Waals surface area contributed by atoms with E-state index >= 15 is 0 Å². The number of carbonyl (C=O) groups is 4. The van der Waals surface area contributed by atoms with Gasteiger partial charge in [-0.1, -0.05) is 74.5 Å². The number of thiazole rings is 2. The summed E-state index contributed by atoms with van der Waals surface area (Å²) in [6.07, 6.45) is 2.83. The first kappa shape index (κ1) is 39.0. The molecule has 2 heterocycles. The Morgan fingerprint density at radius 2 is 1.63 bits per heavy atom. The lowest BCUT2D eigenvalue weighted by atomic mass is 9.95. The van der Waals surface area contributed by atoms with E-state index < -0.39 is 18.2 Å². The van der Waals surface area contributed by atoms with Gasteiger partial charge in [0.15, 0.2) is 0 Å². The van der Waals surface area contributed by atoms with E-state index in [1.54, 1.807) is 30.1 Å². The number of nitrogens with one attached hydrogen (secondary N) is 4. The standard InChI is InChI=1S/C37H47N7O5S2/c1-25(2)35-41-30(23-50-35)21-44(4)36(47)42-33(17-18-39-26(3)45)34(46)40-29(19-27-11-7-5-8-12-27)15-16-32(28-13-9-6-10-14-28)43-37(48)49-22-31-20-38-24-51-31/h5-14,20,23-25,29,32-33H,15-19,21-22H2,1-4H3,(H,39,45)(H,40,46)(H,42,47)(H,43,48)/t29-,32-,33-/m0/s1. The van der Waals surface area contributed by atoms with Crippen LogP contribution in [0.1, 0.15) is 78.7 Å². The highest BCUT2D eigenvalue weighted by Crippen LogP contribution is 2.22. The van der Waals surface area contributed by atoms with Crippen molar-refractivity contribution in [2.45, 2.75) is 83.6 Å². The Kier molecular flexibility index (Phi) is 15.4. The van der Waals surface area contributed by atoms with E-state index in [9.17, 15) is 19.2 Å². The topological polar surface area (TPSA) is 155 Å². The summed E-state index contributed by atoms with van der Waals surface area (Å²) in [7, 11) is 1.66. The second-order valence-electron chi connectivity index (χ2n) is 12.6. The fraction of sp³-hybridized carbons (Fsp3) is 0.405. The third-order valence-electron chi connectivity index (χ3n) is 8.03. The number of benzene rings is 2. The van der Waals surface area contributed by atoms with Gasteiger partial charge in [-0.2, -0.15) is 0 Å². The molecule has 0 radical (unpaired) electrons. The van der Waals surface area contributed by atoms with Crippen LogP contribution in [0.5, 0.6) is 0 Å². The molecule has 3 atom stereocenters. The van der Waals surface area contributed by atoms with Gasteiger partial charge in [0, 0.05) is 44.1 Å². The maximum atomic E-state index is 13.9. The van der Waals surface area contributed by atoms with Gasteiger partial charge in [0.2, 0.25) is 11.8 Å². The van der Waals surface area contributed by atoms with Crippen molar-refractivity contribution in [1.29, 1.82) is 0 Å². The van der Waals surface area contributed by atoms with Crippen LogP contribution in [-0.2, 0) is 33.9 Å². The zero-order chi connectivity index (χ0) is 36.6. The molecule has 4 N–H and O–H groups in total. The molecular weight excluding hydrogens is 687 g/mol. The van der Waals surface area contributed by atoms with Crippen LogP contribution in [-0.4, -0.2) is 64.5 Å². The van der Waals surface area contributed by atoms with Crippen LogP contribution in [0.2, 0.25) is 0 Å². The lowest BCUT2D eigenvalue weighted by Gasteiger charge is -2.27. The van der Waals surface area contributed by atoms with Crippen LogP contribution < -0.4 is 21.3 Å². The van der Waals surface area contributed by atoms with Crippen molar-refractivity contribution in [1.82, 2.24) is 36.1 Å². The van der Waals surface area contributed by atoms with Gasteiger partial charge in [0.1, 0.15) is 12.6 Å². The Bertz CT molecular complexity index is 1670. The molecule has 0 bridgehead atoms. The number of amides is 5. The molecule has 12 nitrogen and oxygen atoms in total. The summed E-state index contributed by atoms with van der Waals surface area (Å²) in [6, 6.07) is 17.4. The number of hydrogen-bond donors (Lipinski definition) is 4. The first-order valence-electron chi connectivity index (χ1n) is 17.0. The molecule has 4 rings (SSSR count). The molecule has 14 heteroatoms. The minimum absolute atomic E-state index is 0.119. The van der Waals surface area contributed by atoms with Crippen LogP contribution in [0.15, 0.2) is 77.8 Å². The summed E-state index contributed by atoms with van der Waals surface area (Å²) >= 11 is 2.96. The number of rotatable bonds is 18. The van der Waals surface area contributed by atoms with E-state index in [0.717, 1.165) is 26.7 Å². The molecule has 0 spiro atoms. The highest BCUT2D eigenvalue weighted by molar-refractivity contribution is 7.09. The van der Waals surface area contributed by atoms with Gasteiger partial charge < -0.3 is 30.9 Å². The van der Waals surface area contributed by atoms with Gasteiger partial charge in [-0.15, -0.1) is 22.7 Å². The molecule has 272 valence electrons. The molecule has 0 aliphatic heterocycles. The highest BCUT2D eigenvalue weighted by Gasteiger charge is 2.26. The number of urea groups is 1. The molecule has 5 amide bonds. The number of nitrogens with zero attached hydrogens (tertiary/aromatic N) is 3. The van der Waals surface area contributed by atoms with Gasteiger partial charge in [0.25, 0.3) is 0 Å². The van der Waals surface area contributed by atoms with Crippen molar-refractivity contribution in [2.24, 2.45) is 0 Å². The quantitative estimate of drug-likeness (QED) is 0.0988. The zero-order valence-electron chi connectivity index (χ0n) is 29.5. The number of carbonyl (C=O) groups excluding carboxylic acids is 4.